The standard InChI is InChI=1S/C19H19ClN6O/c1-12-9-22-25-16(12)17-15(20)10-21-19(24-17)23-14-7-8-26(11-14)18(27)13-5-3-2-4-6-13/h2-6,9-10,14H,7-8,11H2,1H3,(H,22,25)(H,21,23,24)/t14-/m1/s1. The van der Waals surface area contributed by atoms with Crippen LogP contribution >= 0.6 is 11.6 Å². The van der Waals surface area contributed by atoms with E-state index in [0.29, 0.717) is 35.3 Å². The van der Waals surface area contributed by atoms with Crippen LogP contribution in [-0.2, 0) is 0 Å². The number of likely N-dealkylation sites (tertiary alicyclic amines) is 1. The maximum absolute atomic E-state index is 12.6. The molecule has 0 unspecified atom stereocenters. The van der Waals surface area contributed by atoms with Crippen molar-refractivity contribution >= 4 is 23.5 Å². The van der Waals surface area contributed by atoms with Crippen molar-refractivity contribution in [2.24, 2.45) is 0 Å². The molecule has 1 fully saturated rings. The van der Waals surface area contributed by atoms with Crippen LogP contribution < -0.4 is 5.32 Å². The summed E-state index contributed by atoms with van der Waals surface area (Å²) < 4.78 is 0. The normalized spacial score (nSPS) is 16.5. The zero-order valence-corrected chi connectivity index (χ0v) is 15.6. The van der Waals surface area contributed by atoms with Gasteiger partial charge in [-0.2, -0.15) is 5.10 Å². The Hall–Kier alpha value is -2.93. The molecule has 27 heavy (non-hydrogen) atoms. The van der Waals surface area contributed by atoms with Crippen LogP contribution in [0.25, 0.3) is 11.4 Å². The molecule has 1 aromatic carbocycles. The number of amides is 1. The van der Waals surface area contributed by atoms with Crippen molar-refractivity contribution in [3.63, 3.8) is 0 Å². The summed E-state index contributed by atoms with van der Waals surface area (Å²) in [6, 6.07) is 9.42. The van der Waals surface area contributed by atoms with Crippen molar-refractivity contribution in [2.75, 3.05) is 18.4 Å². The highest BCUT2D eigenvalue weighted by atomic mass is 35.5. The number of H-pyrrole nitrogens is 1. The van der Waals surface area contributed by atoms with Crippen molar-refractivity contribution in [2.45, 2.75) is 19.4 Å². The molecule has 1 aliphatic rings. The highest BCUT2D eigenvalue weighted by Crippen LogP contribution is 2.27. The van der Waals surface area contributed by atoms with Crippen LogP contribution in [0.5, 0.6) is 0 Å². The van der Waals surface area contributed by atoms with E-state index >= 15 is 0 Å². The number of carbonyl (C=O) groups is 1. The number of nitrogens with one attached hydrogen (secondary N) is 2. The molecule has 1 saturated heterocycles. The molecule has 4 rings (SSSR count). The van der Waals surface area contributed by atoms with Gasteiger partial charge in [0.05, 0.1) is 23.1 Å². The van der Waals surface area contributed by atoms with Crippen LogP contribution in [0, 0.1) is 6.92 Å². The predicted octanol–water partition coefficient (Wildman–Crippen LogP) is 3.16. The molecule has 2 aromatic heterocycles. The molecule has 1 atom stereocenters. The van der Waals surface area contributed by atoms with Crippen LogP contribution in [0.15, 0.2) is 42.7 Å². The Morgan fingerprint density at radius 3 is 2.85 bits per heavy atom. The molecule has 7 nitrogen and oxygen atoms in total. The maximum atomic E-state index is 12.6. The number of halogens is 1. The van der Waals surface area contributed by atoms with Crippen molar-refractivity contribution in [1.29, 1.82) is 0 Å². The quantitative estimate of drug-likeness (QED) is 0.723. The van der Waals surface area contributed by atoms with E-state index < -0.39 is 0 Å². The molecule has 3 aromatic rings. The number of benzene rings is 1. The Balaban J connectivity index is 1.46. The first-order chi connectivity index (χ1) is 13.1. The van der Waals surface area contributed by atoms with Crippen molar-refractivity contribution in [3.8, 4) is 11.4 Å². The summed E-state index contributed by atoms with van der Waals surface area (Å²) in [7, 11) is 0. The van der Waals surface area contributed by atoms with Gasteiger partial charge in [0.25, 0.3) is 5.91 Å². The fourth-order valence-electron chi connectivity index (χ4n) is 3.21. The van der Waals surface area contributed by atoms with E-state index in [4.69, 9.17) is 11.6 Å². The van der Waals surface area contributed by atoms with Gasteiger partial charge < -0.3 is 10.2 Å². The minimum absolute atomic E-state index is 0.0469. The summed E-state index contributed by atoms with van der Waals surface area (Å²) in [6.07, 6.45) is 4.14. The highest BCUT2D eigenvalue weighted by molar-refractivity contribution is 6.32. The highest BCUT2D eigenvalue weighted by Gasteiger charge is 2.27. The Kier molecular flexibility index (Phi) is 4.77. The molecule has 3 heterocycles. The van der Waals surface area contributed by atoms with E-state index in [9.17, 15) is 4.79 Å². The average Bonchev–Trinajstić information content (AvgIpc) is 3.32. The molecule has 0 aliphatic carbocycles. The number of hydrogen-bond donors (Lipinski definition) is 2. The predicted molar refractivity (Wildman–Crippen MR) is 104 cm³/mol. The van der Waals surface area contributed by atoms with Crippen LogP contribution in [0.1, 0.15) is 22.3 Å². The first-order valence-electron chi connectivity index (χ1n) is 8.75. The average molecular weight is 383 g/mol. The summed E-state index contributed by atoms with van der Waals surface area (Å²) in [5, 5.41) is 10.7. The van der Waals surface area contributed by atoms with E-state index in [1.807, 2.05) is 42.2 Å². The second-order valence-electron chi connectivity index (χ2n) is 6.57. The number of aromatic amines is 1. The third-order valence-electron chi connectivity index (χ3n) is 4.64. The van der Waals surface area contributed by atoms with Gasteiger partial charge in [-0.05, 0) is 31.0 Å². The van der Waals surface area contributed by atoms with Crippen molar-refractivity contribution in [1.82, 2.24) is 25.1 Å². The number of anilines is 1. The topological polar surface area (TPSA) is 86.8 Å². The number of carbonyl (C=O) groups excluding carboxylic acids is 1. The smallest absolute Gasteiger partial charge is 0.253 e. The van der Waals surface area contributed by atoms with Gasteiger partial charge in [0.1, 0.15) is 5.69 Å². The number of hydrogen-bond acceptors (Lipinski definition) is 5. The van der Waals surface area contributed by atoms with Gasteiger partial charge in [-0.25, -0.2) is 9.97 Å². The fraction of sp³-hybridized carbons (Fsp3) is 0.263. The monoisotopic (exact) mass is 382 g/mol. The molecule has 0 saturated carbocycles. The fourth-order valence-corrected chi connectivity index (χ4v) is 3.39. The Labute approximate surface area is 161 Å². The largest absolute Gasteiger partial charge is 0.350 e. The van der Waals surface area contributed by atoms with Crippen LogP contribution in [0.4, 0.5) is 5.95 Å². The van der Waals surface area contributed by atoms with Crippen LogP contribution in [0.3, 0.4) is 0 Å². The van der Waals surface area contributed by atoms with Crippen LogP contribution in [-0.4, -0.2) is 50.1 Å². The third kappa shape index (κ3) is 3.64. The Morgan fingerprint density at radius 1 is 1.30 bits per heavy atom. The number of aromatic nitrogens is 4. The molecule has 0 radical (unpaired) electrons. The zero-order valence-electron chi connectivity index (χ0n) is 14.8. The Bertz CT molecular complexity index is 958. The third-order valence-corrected chi connectivity index (χ3v) is 4.92. The lowest BCUT2D eigenvalue weighted by Gasteiger charge is -2.17. The Morgan fingerprint density at radius 2 is 2.11 bits per heavy atom. The summed E-state index contributed by atoms with van der Waals surface area (Å²) in [6.45, 7) is 3.25. The van der Waals surface area contributed by atoms with Crippen LogP contribution in [0.2, 0.25) is 5.02 Å². The van der Waals surface area contributed by atoms with Gasteiger partial charge in [-0.1, -0.05) is 29.8 Å². The number of nitrogens with zero attached hydrogens (tertiary/aromatic N) is 4. The van der Waals surface area contributed by atoms with Gasteiger partial charge in [-0.15, -0.1) is 0 Å². The molecule has 0 bridgehead atoms. The molecule has 1 amide bonds. The molecular weight excluding hydrogens is 364 g/mol. The lowest BCUT2D eigenvalue weighted by molar-refractivity contribution is 0.0791. The van der Waals surface area contributed by atoms with Gasteiger partial charge in [0, 0.05) is 24.7 Å². The van der Waals surface area contributed by atoms with Crippen molar-refractivity contribution < 1.29 is 4.79 Å². The summed E-state index contributed by atoms with van der Waals surface area (Å²) in [5.41, 5.74) is 3.05. The second kappa shape index (κ2) is 7.36. The van der Waals surface area contributed by atoms with Gasteiger partial charge in [-0.3, -0.25) is 9.89 Å². The van der Waals surface area contributed by atoms with Gasteiger partial charge >= 0.3 is 0 Å². The maximum Gasteiger partial charge on any atom is 0.253 e. The zero-order chi connectivity index (χ0) is 18.8. The molecule has 2 N–H and O–H groups in total. The minimum Gasteiger partial charge on any atom is -0.350 e. The van der Waals surface area contributed by atoms with E-state index in [2.05, 4.69) is 25.5 Å². The molecule has 138 valence electrons. The molecule has 1 aliphatic heterocycles. The minimum atomic E-state index is 0.0469. The molecular formula is C19H19ClN6O. The summed E-state index contributed by atoms with van der Waals surface area (Å²) in [5.74, 6) is 0.535. The van der Waals surface area contributed by atoms with E-state index in [1.54, 1.807) is 12.4 Å². The van der Waals surface area contributed by atoms with Gasteiger partial charge in [0.2, 0.25) is 5.95 Å². The molecule has 0 spiro atoms. The van der Waals surface area contributed by atoms with Gasteiger partial charge in [0.15, 0.2) is 0 Å². The van der Waals surface area contributed by atoms with Crippen molar-refractivity contribution in [3.05, 3.63) is 58.9 Å². The summed E-state index contributed by atoms with van der Waals surface area (Å²) >= 11 is 6.26. The lowest BCUT2D eigenvalue weighted by atomic mass is 10.2. The second-order valence-corrected chi connectivity index (χ2v) is 6.97. The SMILES string of the molecule is Cc1cn[nH]c1-c1nc(N[C@@H]2CCN(C(=O)c3ccccc3)C2)ncc1Cl. The lowest BCUT2D eigenvalue weighted by Crippen LogP contribution is -2.31. The van der Waals surface area contributed by atoms with E-state index in [-0.39, 0.29) is 11.9 Å². The first-order valence-corrected chi connectivity index (χ1v) is 9.13. The van der Waals surface area contributed by atoms with E-state index in [0.717, 1.165) is 17.7 Å². The molecule has 8 heteroatoms. The first kappa shape index (κ1) is 17.5. The summed E-state index contributed by atoms with van der Waals surface area (Å²) in [4.78, 5) is 23.2. The number of rotatable bonds is 4. The van der Waals surface area contributed by atoms with E-state index in [1.165, 1.54) is 0 Å². The number of aryl methyl sites for hydroxylation is 1.